The number of esters is 1. The van der Waals surface area contributed by atoms with Crippen LogP contribution in [-0.2, 0) is 4.74 Å². The summed E-state index contributed by atoms with van der Waals surface area (Å²) in [6.07, 6.45) is 1.61. The van der Waals surface area contributed by atoms with Gasteiger partial charge in [0.1, 0.15) is 5.82 Å². The number of benzene rings is 2. The Morgan fingerprint density at radius 1 is 1.08 bits per heavy atom. The maximum absolute atomic E-state index is 11.8. The molecule has 3 rings (SSSR count). The number of hydrogen-bond acceptors (Lipinski definition) is 6. The molecule has 0 saturated heterocycles. The predicted molar refractivity (Wildman–Crippen MR) is 97.8 cm³/mol. The SMILES string of the molecule is COC(=O)c1ccccc1Nc1nccc(Nc2cccc(Cl)c2)n1. The van der Waals surface area contributed by atoms with Gasteiger partial charge in [-0.1, -0.05) is 29.8 Å². The van der Waals surface area contributed by atoms with E-state index in [2.05, 4.69) is 20.6 Å². The Hall–Kier alpha value is -3.12. The predicted octanol–water partition coefficient (Wildman–Crippen LogP) is 4.40. The summed E-state index contributed by atoms with van der Waals surface area (Å²) in [5, 5.41) is 6.82. The van der Waals surface area contributed by atoms with Gasteiger partial charge < -0.3 is 15.4 Å². The fourth-order valence-corrected chi connectivity index (χ4v) is 2.39. The number of para-hydroxylation sites is 1. The minimum atomic E-state index is -0.434. The number of halogens is 1. The van der Waals surface area contributed by atoms with E-state index in [9.17, 15) is 4.79 Å². The molecule has 0 aliphatic heterocycles. The van der Waals surface area contributed by atoms with Crippen molar-refractivity contribution in [2.24, 2.45) is 0 Å². The number of ether oxygens (including phenoxy) is 1. The molecule has 25 heavy (non-hydrogen) atoms. The van der Waals surface area contributed by atoms with Crippen LogP contribution in [0.5, 0.6) is 0 Å². The average Bonchev–Trinajstić information content (AvgIpc) is 2.62. The lowest BCUT2D eigenvalue weighted by atomic mass is 10.2. The summed E-state index contributed by atoms with van der Waals surface area (Å²) in [6.45, 7) is 0. The Morgan fingerprint density at radius 2 is 1.92 bits per heavy atom. The van der Waals surface area contributed by atoms with Gasteiger partial charge in [-0.05, 0) is 36.4 Å². The van der Waals surface area contributed by atoms with Crippen molar-refractivity contribution in [2.45, 2.75) is 0 Å². The van der Waals surface area contributed by atoms with Crippen molar-refractivity contribution in [3.8, 4) is 0 Å². The van der Waals surface area contributed by atoms with E-state index in [1.165, 1.54) is 7.11 Å². The molecule has 1 aromatic heterocycles. The second-order valence-electron chi connectivity index (χ2n) is 5.06. The molecule has 0 saturated carbocycles. The van der Waals surface area contributed by atoms with Crippen LogP contribution >= 0.6 is 11.6 Å². The Morgan fingerprint density at radius 3 is 2.72 bits per heavy atom. The van der Waals surface area contributed by atoms with Gasteiger partial charge in [0.25, 0.3) is 0 Å². The minimum Gasteiger partial charge on any atom is -0.465 e. The molecule has 2 N–H and O–H groups in total. The number of aromatic nitrogens is 2. The van der Waals surface area contributed by atoms with Crippen LogP contribution in [0.1, 0.15) is 10.4 Å². The van der Waals surface area contributed by atoms with Crippen molar-refractivity contribution in [3.05, 3.63) is 71.4 Å². The molecule has 0 unspecified atom stereocenters. The zero-order chi connectivity index (χ0) is 17.6. The van der Waals surface area contributed by atoms with Crippen molar-refractivity contribution in [2.75, 3.05) is 17.7 Å². The first kappa shape index (κ1) is 16.7. The van der Waals surface area contributed by atoms with Gasteiger partial charge in [0.15, 0.2) is 0 Å². The molecule has 3 aromatic rings. The van der Waals surface area contributed by atoms with Crippen LogP contribution in [0.3, 0.4) is 0 Å². The third kappa shape index (κ3) is 4.24. The fraction of sp³-hybridized carbons (Fsp3) is 0.0556. The molecule has 7 heteroatoms. The van der Waals surface area contributed by atoms with Crippen LogP contribution in [0.15, 0.2) is 60.8 Å². The summed E-state index contributed by atoms with van der Waals surface area (Å²) >= 11 is 5.98. The zero-order valence-electron chi connectivity index (χ0n) is 13.4. The molecule has 0 aliphatic carbocycles. The van der Waals surface area contributed by atoms with Crippen molar-refractivity contribution >= 4 is 40.7 Å². The Kier molecular flexibility index (Phi) is 5.11. The highest BCUT2D eigenvalue weighted by Gasteiger charge is 2.12. The van der Waals surface area contributed by atoms with Crippen molar-refractivity contribution in [3.63, 3.8) is 0 Å². The third-order valence-electron chi connectivity index (χ3n) is 3.33. The molecular formula is C18H15ClN4O2. The topological polar surface area (TPSA) is 76.1 Å². The lowest BCUT2D eigenvalue weighted by molar-refractivity contribution is 0.0602. The summed E-state index contributed by atoms with van der Waals surface area (Å²) in [7, 11) is 1.34. The van der Waals surface area contributed by atoms with Crippen LogP contribution in [0.4, 0.5) is 23.1 Å². The van der Waals surface area contributed by atoms with E-state index in [4.69, 9.17) is 16.3 Å². The Balaban J connectivity index is 1.82. The Labute approximate surface area is 149 Å². The van der Waals surface area contributed by atoms with E-state index >= 15 is 0 Å². The number of hydrogen-bond donors (Lipinski definition) is 2. The van der Waals surface area contributed by atoms with Crippen LogP contribution < -0.4 is 10.6 Å². The maximum Gasteiger partial charge on any atom is 0.339 e. The summed E-state index contributed by atoms with van der Waals surface area (Å²) in [5.74, 6) is 0.509. The first-order valence-corrected chi connectivity index (χ1v) is 7.83. The number of nitrogens with one attached hydrogen (secondary N) is 2. The number of rotatable bonds is 5. The molecule has 126 valence electrons. The van der Waals surface area contributed by atoms with E-state index in [0.29, 0.717) is 28.0 Å². The molecule has 0 spiro atoms. The third-order valence-corrected chi connectivity index (χ3v) is 3.57. The summed E-state index contributed by atoms with van der Waals surface area (Å²) in [5.41, 5.74) is 1.78. The van der Waals surface area contributed by atoms with Crippen molar-refractivity contribution in [1.82, 2.24) is 9.97 Å². The van der Waals surface area contributed by atoms with E-state index in [-0.39, 0.29) is 0 Å². The van der Waals surface area contributed by atoms with Crippen molar-refractivity contribution in [1.29, 1.82) is 0 Å². The average molecular weight is 355 g/mol. The first-order valence-electron chi connectivity index (χ1n) is 7.46. The summed E-state index contributed by atoms with van der Waals surface area (Å²) in [4.78, 5) is 20.4. The van der Waals surface area contributed by atoms with Gasteiger partial charge in [-0.25, -0.2) is 9.78 Å². The van der Waals surface area contributed by atoms with Gasteiger partial charge in [0.05, 0.1) is 18.4 Å². The van der Waals surface area contributed by atoms with Gasteiger partial charge in [0.2, 0.25) is 5.95 Å². The fourth-order valence-electron chi connectivity index (χ4n) is 2.20. The molecule has 1 heterocycles. The van der Waals surface area contributed by atoms with Crippen molar-refractivity contribution < 1.29 is 9.53 Å². The van der Waals surface area contributed by atoms with Gasteiger partial charge in [-0.2, -0.15) is 4.98 Å². The van der Waals surface area contributed by atoms with E-state index < -0.39 is 5.97 Å². The molecule has 0 fully saturated rings. The molecule has 0 radical (unpaired) electrons. The molecule has 0 amide bonds. The van der Waals surface area contributed by atoms with Gasteiger partial charge in [-0.15, -0.1) is 0 Å². The second kappa shape index (κ2) is 7.63. The standard InChI is InChI=1S/C18H15ClN4O2/c1-25-17(24)14-7-2-3-8-15(14)22-18-20-10-9-16(23-18)21-13-6-4-5-12(19)11-13/h2-11H,1H3,(H2,20,21,22,23). The van der Waals surface area contributed by atoms with Crippen LogP contribution in [-0.4, -0.2) is 23.0 Å². The number of carbonyl (C=O) groups is 1. The maximum atomic E-state index is 11.8. The largest absolute Gasteiger partial charge is 0.465 e. The minimum absolute atomic E-state index is 0.350. The number of carbonyl (C=O) groups excluding carboxylic acids is 1. The molecule has 0 aliphatic rings. The van der Waals surface area contributed by atoms with Gasteiger partial charge in [-0.3, -0.25) is 0 Å². The normalized spacial score (nSPS) is 10.2. The smallest absolute Gasteiger partial charge is 0.339 e. The van der Waals surface area contributed by atoms with Crippen LogP contribution in [0, 0.1) is 0 Å². The highest BCUT2D eigenvalue weighted by molar-refractivity contribution is 6.30. The van der Waals surface area contributed by atoms with E-state index in [0.717, 1.165) is 5.69 Å². The second-order valence-corrected chi connectivity index (χ2v) is 5.50. The number of methoxy groups -OCH3 is 1. The van der Waals surface area contributed by atoms with E-state index in [1.807, 2.05) is 18.2 Å². The molecule has 2 aromatic carbocycles. The molecule has 6 nitrogen and oxygen atoms in total. The lowest BCUT2D eigenvalue weighted by Crippen LogP contribution is -2.07. The van der Waals surface area contributed by atoms with Gasteiger partial charge in [0, 0.05) is 16.9 Å². The quantitative estimate of drug-likeness (QED) is 0.661. The van der Waals surface area contributed by atoms with Crippen LogP contribution in [0.2, 0.25) is 5.02 Å². The molecular weight excluding hydrogens is 340 g/mol. The number of nitrogens with zero attached hydrogens (tertiary/aromatic N) is 2. The summed E-state index contributed by atoms with van der Waals surface area (Å²) in [6, 6.07) is 16.0. The monoisotopic (exact) mass is 354 g/mol. The number of anilines is 4. The van der Waals surface area contributed by atoms with Gasteiger partial charge >= 0.3 is 5.97 Å². The molecule has 0 atom stereocenters. The first-order chi connectivity index (χ1) is 12.2. The Bertz CT molecular complexity index is 902. The zero-order valence-corrected chi connectivity index (χ0v) is 14.1. The highest BCUT2D eigenvalue weighted by Crippen LogP contribution is 2.22. The highest BCUT2D eigenvalue weighted by atomic mass is 35.5. The van der Waals surface area contributed by atoms with Crippen LogP contribution in [0.25, 0.3) is 0 Å². The molecule has 0 bridgehead atoms. The van der Waals surface area contributed by atoms with E-state index in [1.54, 1.807) is 42.6 Å². The lowest BCUT2D eigenvalue weighted by Gasteiger charge is -2.11. The summed E-state index contributed by atoms with van der Waals surface area (Å²) < 4.78 is 4.78.